The van der Waals surface area contributed by atoms with Crippen molar-refractivity contribution in [1.29, 1.82) is 0 Å². The van der Waals surface area contributed by atoms with Crippen LogP contribution in [0.25, 0.3) is 0 Å². The Bertz CT molecular complexity index is 1050. The second-order valence-electron chi connectivity index (χ2n) is 9.03. The van der Waals surface area contributed by atoms with Crippen LogP contribution in [0.1, 0.15) is 37.8 Å². The first kappa shape index (κ1) is 22.4. The Morgan fingerprint density at radius 2 is 1.76 bits per heavy atom. The van der Waals surface area contributed by atoms with Crippen molar-refractivity contribution in [3.05, 3.63) is 48.0 Å². The van der Waals surface area contributed by atoms with Gasteiger partial charge in [-0.05, 0) is 56.0 Å². The van der Waals surface area contributed by atoms with E-state index in [0.29, 0.717) is 31.3 Å². The summed E-state index contributed by atoms with van der Waals surface area (Å²) < 4.78 is 17.3. The third-order valence-electron chi connectivity index (χ3n) is 6.58. The number of piperidine rings is 1. The Labute approximate surface area is 199 Å². The maximum atomic E-state index is 13.1. The number of amides is 2. The number of nitrogens with zero attached hydrogens (tertiary/aromatic N) is 2. The van der Waals surface area contributed by atoms with Gasteiger partial charge >= 0.3 is 0 Å². The number of nitrogens with one attached hydrogen (secondary N) is 1. The smallest absolute Gasteiger partial charge is 0.265 e. The fourth-order valence-corrected chi connectivity index (χ4v) is 4.78. The van der Waals surface area contributed by atoms with Gasteiger partial charge in [0.1, 0.15) is 19.0 Å². The van der Waals surface area contributed by atoms with E-state index in [1.54, 1.807) is 0 Å². The van der Waals surface area contributed by atoms with Gasteiger partial charge in [-0.1, -0.05) is 18.2 Å². The molecule has 1 fully saturated rings. The highest BCUT2D eigenvalue weighted by Gasteiger charge is 2.34. The summed E-state index contributed by atoms with van der Waals surface area (Å²) in [5.74, 6) is 1.94. The summed E-state index contributed by atoms with van der Waals surface area (Å²) in [6.07, 6.45) is 2.60. The zero-order valence-corrected chi connectivity index (χ0v) is 19.5. The number of anilines is 1. The fourth-order valence-electron chi connectivity index (χ4n) is 4.78. The monoisotopic (exact) mass is 465 g/mol. The fraction of sp³-hybridized carbons (Fsp3) is 0.462. The van der Waals surface area contributed by atoms with Gasteiger partial charge in [-0.25, -0.2) is 0 Å². The molecule has 3 aliphatic heterocycles. The molecule has 5 rings (SSSR count). The van der Waals surface area contributed by atoms with Gasteiger partial charge in [-0.2, -0.15) is 0 Å². The van der Waals surface area contributed by atoms with E-state index in [9.17, 15) is 9.59 Å². The van der Waals surface area contributed by atoms with Crippen molar-refractivity contribution in [3.63, 3.8) is 0 Å². The molecule has 0 spiro atoms. The molecule has 0 saturated carbocycles. The van der Waals surface area contributed by atoms with E-state index in [4.69, 9.17) is 14.2 Å². The standard InChI is InChI=1S/C26H31N3O5/c1-18(19-9-10-22-23(15-19)33-14-13-32-22)27-25(30)17-29-16-24(26(31)28-11-5-2-6-12-28)34-21-8-4-3-7-20(21)29/h3-4,7-10,15,18,24H,2,5-6,11-14,16-17H2,1H3,(H,27,30)/t18-,24+/m0/s1. The van der Waals surface area contributed by atoms with Crippen molar-refractivity contribution >= 4 is 17.5 Å². The van der Waals surface area contributed by atoms with Crippen LogP contribution in [0.15, 0.2) is 42.5 Å². The molecule has 3 aliphatic rings. The van der Waals surface area contributed by atoms with Crippen molar-refractivity contribution in [2.75, 3.05) is 44.3 Å². The SMILES string of the molecule is C[C@H](NC(=O)CN1C[C@H](C(=O)N2CCCCC2)Oc2ccccc21)c1ccc2c(c1)OCCO2. The summed E-state index contributed by atoms with van der Waals surface area (Å²) in [7, 11) is 0. The molecule has 180 valence electrons. The first-order valence-electron chi connectivity index (χ1n) is 12.1. The van der Waals surface area contributed by atoms with Crippen LogP contribution in [0.3, 0.4) is 0 Å². The van der Waals surface area contributed by atoms with Crippen molar-refractivity contribution in [1.82, 2.24) is 10.2 Å². The maximum absolute atomic E-state index is 13.1. The van der Waals surface area contributed by atoms with E-state index < -0.39 is 6.10 Å². The molecule has 2 aromatic rings. The molecule has 8 heteroatoms. The third-order valence-corrected chi connectivity index (χ3v) is 6.58. The van der Waals surface area contributed by atoms with E-state index in [1.165, 1.54) is 0 Å². The molecule has 0 aliphatic carbocycles. The maximum Gasteiger partial charge on any atom is 0.265 e. The summed E-state index contributed by atoms with van der Waals surface area (Å²) in [5, 5.41) is 3.08. The van der Waals surface area contributed by atoms with E-state index in [-0.39, 0.29) is 24.4 Å². The summed E-state index contributed by atoms with van der Waals surface area (Å²) in [6, 6.07) is 13.1. The molecule has 2 aromatic carbocycles. The lowest BCUT2D eigenvalue weighted by Crippen LogP contribution is -2.53. The lowest BCUT2D eigenvalue weighted by atomic mass is 10.1. The molecule has 0 radical (unpaired) electrons. The lowest BCUT2D eigenvalue weighted by molar-refractivity contribution is -0.139. The molecule has 1 saturated heterocycles. The van der Waals surface area contributed by atoms with Crippen molar-refractivity contribution < 1.29 is 23.8 Å². The van der Waals surface area contributed by atoms with Crippen LogP contribution in [0.4, 0.5) is 5.69 Å². The minimum absolute atomic E-state index is 0.00394. The number of hydrogen-bond acceptors (Lipinski definition) is 6. The predicted molar refractivity (Wildman–Crippen MR) is 127 cm³/mol. The van der Waals surface area contributed by atoms with Gasteiger partial charge < -0.3 is 29.3 Å². The largest absolute Gasteiger partial charge is 0.486 e. The molecule has 1 N–H and O–H groups in total. The minimum Gasteiger partial charge on any atom is -0.486 e. The van der Waals surface area contributed by atoms with Crippen molar-refractivity contribution in [2.24, 2.45) is 0 Å². The normalized spacial score (nSPS) is 20.1. The number of carbonyl (C=O) groups is 2. The van der Waals surface area contributed by atoms with E-state index in [0.717, 1.165) is 49.4 Å². The Morgan fingerprint density at radius 3 is 2.59 bits per heavy atom. The zero-order valence-electron chi connectivity index (χ0n) is 19.5. The van der Waals surface area contributed by atoms with Crippen molar-refractivity contribution in [2.45, 2.75) is 38.3 Å². The lowest BCUT2D eigenvalue weighted by Gasteiger charge is -2.38. The Balaban J connectivity index is 1.26. The van der Waals surface area contributed by atoms with Gasteiger partial charge in [0.05, 0.1) is 24.8 Å². The summed E-state index contributed by atoms with van der Waals surface area (Å²) in [6.45, 7) is 5.03. The Morgan fingerprint density at radius 1 is 1.00 bits per heavy atom. The minimum atomic E-state index is -0.615. The summed E-state index contributed by atoms with van der Waals surface area (Å²) in [5.41, 5.74) is 1.77. The molecule has 2 amide bonds. The highest BCUT2D eigenvalue weighted by Crippen LogP contribution is 2.34. The second kappa shape index (κ2) is 9.83. The van der Waals surface area contributed by atoms with Gasteiger partial charge in [0.2, 0.25) is 5.91 Å². The molecular formula is C26H31N3O5. The van der Waals surface area contributed by atoms with Gasteiger partial charge in [-0.3, -0.25) is 9.59 Å². The third kappa shape index (κ3) is 4.76. The number of rotatable bonds is 5. The topological polar surface area (TPSA) is 80.3 Å². The molecule has 3 heterocycles. The number of ether oxygens (including phenoxy) is 3. The average molecular weight is 466 g/mol. The number of likely N-dealkylation sites (tertiary alicyclic amines) is 1. The van der Waals surface area contributed by atoms with Crippen LogP contribution in [0, 0.1) is 0 Å². The predicted octanol–water partition coefficient (Wildman–Crippen LogP) is 2.92. The van der Waals surface area contributed by atoms with Crippen LogP contribution in [0.2, 0.25) is 0 Å². The first-order valence-corrected chi connectivity index (χ1v) is 12.1. The highest BCUT2D eigenvalue weighted by atomic mass is 16.6. The van der Waals surface area contributed by atoms with Gasteiger partial charge in [0.15, 0.2) is 17.6 Å². The average Bonchev–Trinajstić information content (AvgIpc) is 2.88. The highest BCUT2D eigenvalue weighted by molar-refractivity contribution is 5.86. The van der Waals surface area contributed by atoms with Crippen LogP contribution < -0.4 is 24.4 Å². The first-order chi connectivity index (χ1) is 16.6. The van der Waals surface area contributed by atoms with E-state index in [1.807, 2.05) is 59.2 Å². The zero-order chi connectivity index (χ0) is 23.5. The van der Waals surface area contributed by atoms with Crippen LogP contribution in [0.5, 0.6) is 17.2 Å². The summed E-state index contributed by atoms with van der Waals surface area (Å²) >= 11 is 0. The molecule has 0 bridgehead atoms. The van der Waals surface area contributed by atoms with E-state index in [2.05, 4.69) is 5.32 Å². The number of benzene rings is 2. The number of carbonyl (C=O) groups excluding carboxylic acids is 2. The quantitative estimate of drug-likeness (QED) is 0.732. The number of fused-ring (bicyclic) bond motifs is 2. The number of para-hydroxylation sites is 2. The van der Waals surface area contributed by atoms with Gasteiger partial charge in [-0.15, -0.1) is 0 Å². The van der Waals surface area contributed by atoms with Crippen molar-refractivity contribution in [3.8, 4) is 17.2 Å². The molecule has 34 heavy (non-hydrogen) atoms. The van der Waals surface area contributed by atoms with Crippen LogP contribution >= 0.6 is 0 Å². The Hall–Kier alpha value is -3.42. The molecular weight excluding hydrogens is 434 g/mol. The molecule has 2 atom stereocenters. The van der Waals surface area contributed by atoms with Gasteiger partial charge in [0, 0.05) is 13.1 Å². The second-order valence-corrected chi connectivity index (χ2v) is 9.03. The molecule has 0 unspecified atom stereocenters. The molecule has 0 aromatic heterocycles. The summed E-state index contributed by atoms with van der Waals surface area (Å²) in [4.78, 5) is 30.0. The van der Waals surface area contributed by atoms with Crippen LogP contribution in [-0.4, -0.2) is 62.2 Å². The van der Waals surface area contributed by atoms with Gasteiger partial charge in [0.25, 0.3) is 5.91 Å². The Kier molecular flexibility index (Phi) is 6.47. The molecule has 8 nitrogen and oxygen atoms in total. The number of hydrogen-bond donors (Lipinski definition) is 1. The van der Waals surface area contributed by atoms with Crippen LogP contribution in [-0.2, 0) is 9.59 Å². The van der Waals surface area contributed by atoms with E-state index >= 15 is 0 Å².